The van der Waals surface area contributed by atoms with E-state index in [4.69, 9.17) is 23.7 Å². The lowest BCUT2D eigenvalue weighted by Crippen LogP contribution is -2.16. The fraction of sp³-hybridized carbons (Fsp3) is 0.357. The minimum atomic E-state index is -0.488. The fourth-order valence-corrected chi connectivity index (χ4v) is 4.14. The number of hydrogen-bond acceptors (Lipinski definition) is 7. The lowest BCUT2D eigenvalue weighted by molar-refractivity contribution is -0.141. The van der Waals surface area contributed by atoms with Crippen LogP contribution < -0.4 is 18.9 Å². The van der Waals surface area contributed by atoms with E-state index in [-0.39, 0.29) is 18.8 Å². The Morgan fingerprint density at radius 3 is 1.89 bits per heavy atom. The largest absolute Gasteiger partial charge is 0.493 e. The van der Waals surface area contributed by atoms with Gasteiger partial charge in [0.2, 0.25) is 5.78 Å². The average Bonchev–Trinajstić information content (AvgIpc) is 3.18. The Morgan fingerprint density at radius 2 is 1.31 bits per heavy atom. The number of benzene rings is 2. The molecule has 8 nitrogen and oxygen atoms in total. The Balaban J connectivity index is 1.60. The van der Waals surface area contributed by atoms with Gasteiger partial charge in [0.05, 0.1) is 34.9 Å². The van der Waals surface area contributed by atoms with Crippen molar-refractivity contribution in [3.05, 3.63) is 70.5 Å². The van der Waals surface area contributed by atoms with Gasteiger partial charge in [-0.15, -0.1) is 0 Å². The molecule has 0 aliphatic heterocycles. The van der Waals surface area contributed by atoms with Crippen molar-refractivity contribution in [1.29, 1.82) is 0 Å². The molecule has 0 fully saturated rings. The number of carbonyl (C=O) groups is 2. The first-order valence-electron chi connectivity index (χ1n) is 11.6. The summed E-state index contributed by atoms with van der Waals surface area (Å²) in [4.78, 5) is 25.2. The highest BCUT2D eigenvalue weighted by Crippen LogP contribution is 2.29. The molecule has 2 aromatic carbocycles. The number of esters is 1. The number of ketones is 1. The molecule has 192 valence electrons. The van der Waals surface area contributed by atoms with Crippen LogP contribution in [0.25, 0.3) is 0 Å². The van der Waals surface area contributed by atoms with Gasteiger partial charge in [-0.25, -0.2) is 0 Å². The van der Waals surface area contributed by atoms with Crippen molar-refractivity contribution in [3.63, 3.8) is 0 Å². The summed E-state index contributed by atoms with van der Waals surface area (Å²) in [7, 11) is 6.30. The summed E-state index contributed by atoms with van der Waals surface area (Å²) in [5.74, 6) is 1.74. The molecule has 3 aromatic rings. The highest BCUT2D eigenvalue weighted by Gasteiger charge is 2.18. The maximum Gasteiger partial charge on any atom is 0.310 e. The van der Waals surface area contributed by atoms with Crippen molar-refractivity contribution in [2.45, 2.75) is 33.2 Å². The van der Waals surface area contributed by atoms with Crippen molar-refractivity contribution in [2.24, 2.45) is 0 Å². The van der Waals surface area contributed by atoms with Crippen LogP contribution in [0.1, 0.15) is 32.9 Å². The molecule has 0 bridgehead atoms. The highest BCUT2D eigenvalue weighted by atomic mass is 16.5. The van der Waals surface area contributed by atoms with Crippen molar-refractivity contribution < 1.29 is 33.3 Å². The number of hydrogen-bond donors (Lipinski definition) is 0. The second-order valence-corrected chi connectivity index (χ2v) is 8.33. The first-order valence-corrected chi connectivity index (χ1v) is 11.6. The molecule has 0 N–H and O–H groups in total. The zero-order valence-electron chi connectivity index (χ0n) is 21.7. The van der Waals surface area contributed by atoms with E-state index in [0.717, 1.165) is 23.4 Å². The van der Waals surface area contributed by atoms with Gasteiger partial charge >= 0.3 is 5.97 Å². The van der Waals surface area contributed by atoms with Crippen LogP contribution >= 0.6 is 0 Å². The molecule has 3 rings (SSSR count). The third kappa shape index (κ3) is 6.19. The Hall–Kier alpha value is -3.94. The first kappa shape index (κ1) is 26.7. The van der Waals surface area contributed by atoms with Gasteiger partial charge in [-0.3, -0.25) is 9.59 Å². The minimum absolute atomic E-state index is 0.0258. The van der Waals surface area contributed by atoms with Crippen molar-refractivity contribution in [2.75, 3.05) is 35.0 Å². The summed E-state index contributed by atoms with van der Waals surface area (Å²) in [5.41, 5.74) is 4.16. The van der Waals surface area contributed by atoms with Gasteiger partial charge in [-0.2, -0.15) is 0 Å². The smallest absolute Gasteiger partial charge is 0.310 e. The van der Waals surface area contributed by atoms with Gasteiger partial charge in [-0.05, 0) is 61.7 Å². The quantitative estimate of drug-likeness (QED) is 0.273. The van der Waals surface area contributed by atoms with Crippen LogP contribution in [0.3, 0.4) is 0 Å². The third-order valence-corrected chi connectivity index (χ3v) is 6.11. The predicted molar refractivity (Wildman–Crippen MR) is 136 cm³/mol. The summed E-state index contributed by atoms with van der Waals surface area (Å²) < 4.78 is 28.5. The molecule has 1 heterocycles. The molecule has 1 aromatic heterocycles. The molecule has 0 spiro atoms. The SMILES string of the molecule is COc1ccc(CCn2c(C)cc(C(=O)COC(=O)Cc3ccc(OC)c(OC)c3)c2C)cc1OC. The first-order chi connectivity index (χ1) is 17.3. The van der Waals surface area contributed by atoms with Crippen LogP contribution in [-0.4, -0.2) is 51.4 Å². The minimum Gasteiger partial charge on any atom is -0.493 e. The predicted octanol–water partition coefficient (Wildman–Crippen LogP) is 4.35. The van der Waals surface area contributed by atoms with Crippen molar-refractivity contribution in [3.8, 4) is 23.0 Å². The zero-order valence-corrected chi connectivity index (χ0v) is 21.7. The van der Waals surface area contributed by atoms with Crippen LogP contribution in [0.15, 0.2) is 42.5 Å². The number of Topliss-reactive ketones (excluding diaryl/α,β-unsaturated/α-hetero) is 1. The van der Waals surface area contributed by atoms with E-state index in [1.54, 1.807) is 39.5 Å². The van der Waals surface area contributed by atoms with E-state index in [1.807, 2.05) is 38.1 Å². The number of methoxy groups -OCH3 is 4. The molecule has 0 saturated heterocycles. The standard InChI is InChI=1S/C28H33NO7/c1-18-13-22(19(2)29(18)12-11-20-7-9-24(32-3)26(14-20)34-5)23(30)17-36-28(31)16-21-8-10-25(33-4)27(15-21)35-6/h7-10,13-15H,11-12,16-17H2,1-6H3. The van der Waals surface area contributed by atoms with Gasteiger partial charge in [0.15, 0.2) is 29.6 Å². The summed E-state index contributed by atoms with van der Waals surface area (Å²) in [6.07, 6.45) is 0.780. The Bertz CT molecular complexity index is 1230. The topological polar surface area (TPSA) is 85.2 Å². The van der Waals surface area contributed by atoms with E-state index in [9.17, 15) is 9.59 Å². The monoisotopic (exact) mass is 495 g/mol. The van der Waals surface area contributed by atoms with Gasteiger partial charge in [0.25, 0.3) is 0 Å². The highest BCUT2D eigenvalue weighted by molar-refractivity contribution is 5.99. The van der Waals surface area contributed by atoms with Crippen LogP contribution in [0.4, 0.5) is 0 Å². The lowest BCUT2D eigenvalue weighted by atomic mass is 10.1. The number of aryl methyl sites for hydroxylation is 2. The molecule has 8 heteroatoms. The van der Waals surface area contributed by atoms with Crippen LogP contribution in [0, 0.1) is 13.8 Å². The summed E-state index contributed by atoms with van der Waals surface area (Å²) >= 11 is 0. The van der Waals surface area contributed by atoms with Gasteiger partial charge < -0.3 is 28.3 Å². The maximum absolute atomic E-state index is 12.8. The van der Waals surface area contributed by atoms with E-state index in [2.05, 4.69) is 4.57 Å². The Labute approximate surface area is 211 Å². The summed E-state index contributed by atoms with van der Waals surface area (Å²) in [6.45, 7) is 4.24. The number of nitrogens with zero attached hydrogens (tertiary/aromatic N) is 1. The zero-order chi connectivity index (χ0) is 26.2. The molecule has 0 unspecified atom stereocenters. The Kier molecular flexibility index (Phi) is 9.00. The number of aromatic nitrogens is 1. The molecule has 0 aliphatic carbocycles. The lowest BCUT2D eigenvalue weighted by Gasteiger charge is -2.12. The van der Waals surface area contributed by atoms with Crippen LogP contribution in [0.2, 0.25) is 0 Å². The van der Waals surface area contributed by atoms with Crippen LogP contribution in [-0.2, 0) is 28.9 Å². The normalized spacial score (nSPS) is 10.6. The molecule has 0 saturated carbocycles. The molecule has 0 atom stereocenters. The van der Waals surface area contributed by atoms with E-state index < -0.39 is 5.97 Å². The van der Waals surface area contributed by atoms with Gasteiger partial charge in [-0.1, -0.05) is 12.1 Å². The Morgan fingerprint density at radius 1 is 0.750 bits per heavy atom. The fourth-order valence-electron chi connectivity index (χ4n) is 4.14. The molecule has 0 amide bonds. The van der Waals surface area contributed by atoms with Crippen molar-refractivity contribution in [1.82, 2.24) is 4.57 Å². The van der Waals surface area contributed by atoms with Crippen molar-refractivity contribution >= 4 is 11.8 Å². The molecule has 0 aliphatic rings. The van der Waals surface area contributed by atoms with E-state index in [0.29, 0.717) is 40.7 Å². The van der Waals surface area contributed by atoms with Crippen LogP contribution in [0.5, 0.6) is 23.0 Å². The molecular formula is C28H33NO7. The molecule has 36 heavy (non-hydrogen) atoms. The van der Waals surface area contributed by atoms with Gasteiger partial charge in [0.1, 0.15) is 0 Å². The number of carbonyl (C=O) groups excluding carboxylic acids is 2. The molecular weight excluding hydrogens is 462 g/mol. The van der Waals surface area contributed by atoms with E-state index >= 15 is 0 Å². The summed E-state index contributed by atoms with van der Waals surface area (Å²) in [5, 5.41) is 0. The second kappa shape index (κ2) is 12.2. The summed E-state index contributed by atoms with van der Waals surface area (Å²) in [6, 6.07) is 12.9. The number of ether oxygens (including phenoxy) is 5. The average molecular weight is 496 g/mol. The van der Waals surface area contributed by atoms with E-state index in [1.165, 1.54) is 7.11 Å². The maximum atomic E-state index is 12.8. The molecule has 0 radical (unpaired) electrons. The third-order valence-electron chi connectivity index (χ3n) is 6.11. The second-order valence-electron chi connectivity index (χ2n) is 8.33. The number of rotatable bonds is 12. The van der Waals surface area contributed by atoms with Gasteiger partial charge in [0, 0.05) is 23.5 Å².